The number of fused-ring (bicyclic) bond motifs is 2. The number of carbonyl (C=O) groups excluding carboxylic acids is 2. The fraction of sp³-hybridized carbons (Fsp3) is 0.417. The Balaban J connectivity index is 2.51. The fourth-order valence-electron chi connectivity index (χ4n) is 1.77. The molecule has 0 saturated carbocycles. The Morgan fingerprint density at radius 3 is 2.22 bits per heavy atom. The van der Waals surface area contributed by atoms with Crippen molar-refractivity contribution in [2.75, 3.05) is 0 Å². The Hall–Kier alpha value is -2.11. The first-order chi connectivity index (χ1) is 8.49. The van der Waals surface area contributed by atoms with E-state index in [0.717, 1.165) is 0 Å². The second-order valence-electron chi connectivity index (χ2n) is 4.08. The van der Waals surface area contributed by atoms with Gasteiger partial charge in [0.2, 0.25) is 5.75 Å². The smallest absolute Gasteiger partial charge is 0.356 e. The molecule has 96 valence electrons. The lowest BCUT2D eigenvalue weighted by Crippen LogP contribution is -2.18. The summed E-state index contributed by atoms with van der Waals surface area (Å²) in [6, 6.07) is 0. The van der Waals surface area contributed by atoms with Gasteiger partial charge in [0, 0.05) is 5.56 Å². The van der Waals surface area contributed by atoms with Gasteiger partial charge in [0.25, 0.3) is 0 Å². The first-order valence-electron chi connectivity index (χ1n) is 5.55. The predicted octanol–water partition coefficient (Wildman–Crippen LogP) is 1.54. The first kappa shape index (κ1) is 12.3. The Kier molecular flexibility index (Phi) is 3.18. The van der Waals surface area contributed by atoms with Crippen LogP contribution in [-0.4, -0.2) is 16.9 Å². The van der Waals surface area contributed by atoms with E-state index in [4.69, 9.17) is 9.62 Å². The van der Waals surface area contributed by atoms with Gasteiger partial charge in [-0.3, -0.25) is 19.6 Å². The van der Waals surface area contributed by atoms with Crippen LogP contribution in [0, 0.1) is 20.8 Å². The van der Waals surface area contributed by atoms with E-state index >= 15 is 0 Å². The molecule has 2 bridgehead atoms. The maximum absolute atomic E-state index is 11.5. The van der Waals surface area contributed by atoms with E-state index in [0.29, 0.717) is 28.5 Å². The lowest BCUT2D eigenvalue weighted by atomic mass is 10.1. The molecule has 0 aliphatic carbocycles. The molecule has 1 aromatic heterocycles. The second-order valence-corrected chi connectivity index (χ2v) is 4.08. The molecule has 0 N–H and O–H groups in total. The van der Waals surface area contributed by atoms with Gasteiger partial charge >= 0.3 is 11.9 Å². The summed E-state index contributed by atoms with van der Waals surface area (Å²) in [6.45, 7) is 5.18. The highest BCUT2D eigenvalue weighted by molar-refractivity contribution is 5.79. The van der Waals surface area contributed by atoms with Crippen molar-refractivity contribution >= 4 is 11.9 Å². The molecule has 0 unspecified atom stereocenters. The SMILES string of the molecule is Cc1nc(C)c2c(C)c1OOC(=O)CCC(=O)O2. The van der Waals surface area contributed by atoms with Crippen LogP contribution in [-0.2, 0) is 14.5 Å². The molecular formula is C12H13NO5. The Bertz CT molecular complexity index is 524. The van der Waals surface area contributed by atoms with Crippen LogP contribution in [0.2, 0.25) is 0 Å². The third kappa shape index (κ3) is 2.27. The summed E-state index contributed by atoms with van der Waals surface area (Å²) in [7, 11) is 0. The second kappa shape index (κ2) is 4.64. The molecule has 0 aromatic carbocycles. The number of nitrogens with zero attached hydrogens (tertiary/aromatic N) is 1. The van der Waals surface area contributed by atoms with Crippen molar-refractivity contribution in [3.63, 3.8) is 0 Å². The molecule has 18 heavy (non-hydrogen) atoms. The summed E-state index contributed by atoms with van der Waals surface area (Å²) in [4.78, 5) is 36.6. The van der Waals surface area contributed by atoms with Gasteiger partial charge in [0.1, 0.15) is 0 Å². The summed E-state index contributed by atoms with van der Waals surface area (Å²) in [5, 5.41) is 0. The highest BCUT2D eigenvalue weighted by atomic mass is 17.2. The number of aryl methyl sites for hydroxylation is 2. The van der Waals surface area contributed by atoms with Crippen molar-refractivity contribution in [1.82, 2.24) is 4.98 Å². The van der Waals surface area contributed by atoms with Gasteiger partial charge in [-0.1, -0.05) is 0 Å². The van der Waals surface area contributed by atoms with Crippen molar-refractivity contribution < 1.29 is 24.1 Å². The number of pyridine rings is 1. The highest BCUT2D eigenvalue weighted by Gasteiger charge is 2.22. The van der Waals surface area contributed by atoms with E-state index < -0.39 is 11.9 Å². The van der Waals surface area contributed by atoms with Crippen molar-refractivity contribution in [3.05, 3.63) is 17.0 Å². The quantitative estimate of drug-likeness (QED) is 0.514. The van der Waals surface area contributed by atoms with E-state index in [-0.39, 0.29) is 12.8 Å². The number of carbonyl (C=O) groups is 2. The molecule has 0 fully saturated rings. The largest absolute Gasteiger partial charge is 0.424 e. The molecule has 0 atom stereocenters. The third-order valence-corrected chi connectivity index (χ3v) is 2.64. The van der Waals surface area contributed by atoms with Crippen LogP contribution in [0.3, 0.4) is 0 Å². The topological polar surface area (TPSA) is 74.7 Å². The van der Waals surface area contributed by atoms with Crippen LogP contribution >= 0.6 is 0 Å². The third-order valence-electron chi connectivity index (χ3n) is 2.64. The number of hydrogen-bond acceptors (Lipinski definition) is 6. The van der Waals surface area contributed by atoms with E-state index in [9.17, 15) is 9.59 Å². The Labute approximate surface area is 104 Å². The standard InChI is InChI=1S/C12H13NO5/c1-6-11-7(2)13-8(3)12(6)18-17-10(15)5-4-9(14)16-11/h4-5H2,1-3H3. The minimum Gasteiger partial charge on any atom is -0.424 e. The summed E-state index contributed by atoms with van der Waals surface area (Å²) in [6.07, 6.45) is -0.127. The van der Waals surface area contributed by atoms with E-state index in [1.165, 1.54) is 0 Å². The molecule has 0 radical (unpaired) electrons. The van der Waals surface area contributed by atoms with E-state index in [2.05, 4.69) is 9.87 Å². The molecule has 1 aliphatic rings. The molecule has 1 aliphatic heterocycles. The summed E-state index contributed by atoms with van der Waals surface area (Å²) in [5.41, 5.74) is 1.75. The van der Waals surface area contributed by atoms with Gasteiger partial charge in [-0.15, -0.1) is 0 Å². The van der Waals surface area contributed by atoms with Crippen molar-refractivity contribution in [2.24, 2.45) is 0 Å². The van der Waals surface area contributed by atoms with Gasteiger partial charge in [0.05, 0.1) is 24.2 Å². The number of rotatable bonds is 0. The zero-order valence-electron chi connectivity index (χ0n) is 10.4. The van der Waals surface area contributed by atoms with Gasteiger partial charge < -0.3 is 4.74 Å². The molecular weight excluding hydrogens is 238 g/mol. The van der Waals surface area contributed by atoms with Crippen LogP contribution in [0.15, 0.2) is 0 Å². The van der Waals surface area contributed by atoms with Crippen LogP contribution < -0.4 is 9.62 Å². The Morgan fingerprint density at radius 1 is 0.889 bits per heavy atom. The molecule has 0 amide bonds. The number of hydrogen-bond donors (Lipinski definition) is 0. The summed E-state index contributed by atoms with van der Waals surface area (Å²) in [5.74, 6) is -0.441. The average molecular weight is 251 g/mol. The van der Waals surface area contributed by atoms with Crippen molar-refractivity contribution in [1.29, 1.82) is 0 Å². The monoisotopic (exact) mass is 251 g/mol. The predicted molar refractivity (Wildman–Crippen MR) is 60.0 cm³/mol. The fourth-order valence-corrected chi connectivity index (χ4v) is 1.77. The zero-order valence-corrected chi connectivity index (χ0v) is 10.4. The maximum atomic E-state index is 11.5. The molecule has 6 nitrogen and oxygen atoms in total. The molecule has 1 aromatic rings. The summed E-state index contributed by atoms with van der Waals surface area (Å²) >= 11 is 0. The maximum Gasteiger partial charge on any atom is 0.356 e. The molecule has 2 heterocycles. The highest BCUT2D eigenvalue weighted by Crippen LogP contribution is 2.33. The van der Waals surface area contributed by atoms with E-state index in [1.54, 1.807) is 20.8 Å². The van der Waals surface area contributed by atoms with Gasteiger partial charge in [-0.25, -0.2) is 4.79 Å². The van der Waals surface area contributed by atoms with Crippen molar-refractivity contribution in [2.45, 2.75) is 33.6 Å². The van der Waals surface area contributed by atoms with Crippen LogP contribution in [0.5, 0.6) is 11.5 Å². The summed E-state index contributed by atoms with van der Waals surface area (Å²) < 4.78 is 5.21. The molecule has 2 rings (SSSR count). The minimum absolute atomic E-state index is 0.0513. The molecule has 0 saturated heterocycles. The lowest BCUT2D eigenvalue weighted by molar-refractivity contribution is -0.214. The van der Waals surface area contributed by atoms with Crippen molar-refractivity contribution in [3.8, 4) is 11.5 Å². The van der Waals surface area contributed by atoms with Crippen LogP contribution in [0.4, 0.5) is 0 Å². The molecule has 0 spiro atoms. The molecule has 6 heteroatoms. The number of ether oxygens (including phenoxy) is 1. The Morgan fingerprint density at radius 2 is 1.50 bits per heavy atom. The minimum atomic E-state index is -0.616. The first-order valence-corrected chi connectivity index (χ1v) is 5.55. The number of aromatic nitrogens is 1. The van der Waals surface area contributed by atoms with E-state index in [1.807, 2.05) is 0 Å². The van der Waals surface area contributed by atoms with Gasteiger partial charge in [-0.05, 0) is 20.8 Å². The normalized spacial score (nSPS) is 15.5. The van der Waals surface area contributed by atoms with Gasteiger partial charge in [-0.2, -0.15) is 0 Å². The zero-order chi connectivity index (χ0) is 13.3. The number of esters is 1. The van der Waals surface area contributed by atoms with Crippen LogP contribution in [0.25, 0.3) is 0 Å². The van der Waals surface area contributed by atoms with Crippen LogP contribution in [0.1, 0.15) is 29.8 Å². The lowest BCUT2D eigenvalue weighted by Gasteiger charge is -2.16. The van der Waals surface area contributed by atoms with Gasteiger partial charge in [0.15, 0.2) is 5.75 Å². The average Bonchev–Trinajstić information content (AvgIpc) is 2.30.